The number of likely N-dealkylation sites (N-methyl/N-ethyl adjacent to an activating group) is 1. The Hall–Kier alpha value is -3.35. The van der Waals surface area contributed by atoms with E-state index in [1.165, 1.54) is 31.4 Å². The molecule has 0 aromatic heterocycles. The third kappa shape index (κ3) is 4.20. The number of hydrogen-bond donors (Lipinski definition) is 5. The van der Waals surface area contributed by atoms with Crippen molar-refractivity contribution in [3.63, 3.8) is 0 Å². The number of carbonyl (C=O) groups excluding carboxylic acids is 3. The predicted octanol–water partition coefficient (Wildman–Crippen LogP) is 1.82. The van der Waals surface area contributed by atoms with Crippen LogP contribution in [0.3, 0.4) is 0 Å². The minimum absolute atomic E-state index is 0.0397. The fourth-order valence-electron chi connectivity index (χ4n) is 6.30. The van der Waals surface area contributed by atoms with Crippen LogP contribution in [0.1, 0.15) is 88.1 Å². The molecule has 7 unspecified atom stereocenters. The molecule has 0 saturated carbocycles. The Bertz CT molecular complexity index is 1390. The highest BCUT2D eigenvalue weighted by atomic mass is 16.7. The highest BCUT2D eigenvalue weighted by Crippen LogP contribution is 2.53. The molecule has 2 aromatic rings. The fraction of sp³-hybridized carbons (Fsp3) is 0.483. The average Bonchev–Trinajstić information content (AvgIpc) is 2.92. The van der Waals surface area contributed by atoms with E-state index in [2.05, 4.69) is 5.32 Å². The lowest BCUT2D eigenvalue weighted by Crippen LogP contribution is -2.53. The molecule has 5 rings (SSSR count). The molecule has 5 N–H and O–H groups in total. The van der Waals surface area contributed by atoms with Crippen molar-refractivity contribution in [3.05, 3.63) is 57.6 Å². The Morgan fingerprint density at radius 3 is 2.55 bits per heavy atom. The molecule has 0 bridgehead atoms. The summed E-state index contributed by atoms with van der Waals surface area (Å²) >= 11 is 0. The largest absolute Gasteiger partial charge is 0.507 e. The second-order valence-corrected chi connectivity index (χ2v) is 10.6. The number of aliphatic hydroxyl groups is 2. The van der Waals surface area contributed by atoms with Crippen molar-refractivity contribution in [2.75, 3.05) is 14.2 Å². The zero-order valence-corrected chi connectivity index (χ0v) is 22.6. The van der Waals surface area contributed by atoms with E-state index >= 15 is 0 Å². The van der Waals surface area contributed by atoms with E-state index in [0.29, 0.717) is 0 Å². The van der Waals surface area contributed by atoms with E-state index in [1.807, 2.05) is 0 Å². The van der Waals surface area contributed by atoms with E-state index in [0.717, 1.165) is 0 Å². The van der Waals surface area contributed by atoms with Crippen molar-refractivity contribution in [2.45, 2.75) is 75.3 Å². The van der Waals surface area contributed by atoms with Crippen molar-refractivity contribution >= 4 is 17.5 Å². The number of carbonyl (C=O) groups is 3. The molecule has 11 heteroatoms. The van der Waals surface area contributed by atoms with Crippen LogP contribution in [-0.2, 0) is 19.0 Å². The number of ketones is 2. The number of rotatable bonds is 5. The first kappa shape index (κ1) is 28.2. The van der Waals surface area contributed by atoms with Crippen LogP contribution in [0.4, 0.5) is 0 Å². The minimum Gasteiger partial charge on any atom is -0.507 e. The van der Waals surface area contributed by atoms with Crippen LogP contribution >= 0.6 is 0 Å². The van der Waals surface area contributed by atoms with Gasteiger partial charge >= 0.3 is 5.97 Å². The number of methoxy groups -OCH3 is 1. The number of benzene rings is 2. The number of phenolic OH excluding ortho intramolecular Hbond substituents is 2. The molecule has 1 saturated heterocycles. The summed E-state index contributed by atoms with van der Waals surface area (Å²) in [6.45, 7) is 3.38. The number of aliphatic hydroxyl groups excluding tert-OH is 1. The van der Waals surface area contributed by atoms with Gasteiger partial charge in [-0.2, -0.15) is 0 Å². The maximum Gasteiger partial charge on any atom is 0.316 e. The molecule has 0 spiro atoms. The third-order valence-corrected chi connectivity index (χ3v) is 8.51. The number of aromatic hydroxyl groups is 2. The van der Waals surface area contributed by atoms with Gasteiger partial charge in [0.2, 0.25) is 5.78 Å². The van der Waals surface area contributed by atoms with Crippen LogP contribution in [0.2, 0.25) is 0 Å². The zero-order chi connectivity index (χ0) is 29.1. The molecule has 1 heterocycles. The van der Waals surface area contributed by atoms with Gasteiger partial charge in [-0.05, 0) is 38.1 Å². The Kier molecular flexibility index (Phi) is 7.22. The smallest absolute Gasteiger partial charge is 0.316 e. The van der Waals surface area contributed by atoms with Crippen LogP contribution in [0.5, 0.6) is 11.5 Å². The Labute approximate surface area is 230 Å². The van der Waals surface area contributed by atoms with Gasteiger partial charge in [0.15, 0.2) is 12.1 Å². The highest BCUT2D eigenvalue weighted by Gasteiger charge is 2.53. The van der Waals surface area contributed by atoms with Gasteiger partial charge in [-0.3, -0.25) is 14.4 Å². The van der Waals surface area contributed by atoms with Crippen LogP contribution in [0.25, 0.3) is 0 Å². The summed E-state index contributed by atoms with van der Waals surface area (Å²) < 4.78 is 17.2. The van der Waals surface area contributed by atoms with Crippen LogP contribution in [0, 0.1) is 0 Å². The van der Waals surface area contributed by atoms with Crippen LogP contribution in [-0.4, -0.2) is 82.3 Å². The van der Waals surface area contributed by atoms with Crippen LogP contribution in [0.15, 0.2) is 24.3 Å². The van der Waals surface area contributed by atoms with E-state index in [9.17, 15) is 34.8 Å². The fourth-order valence-corrected chi connectivity index (χ4v) is 6.30. The molecular formula is C29H33NO10. The van der Waals surface area contributed by atoms with Crippen LogP contribution < -0.4 is 5.32 Å². The molecule has 7 atom stereocenters. The first-order chi connectivity index (χ1) is 19.0. The minimum atomic E-state index is -1.69. The van der Waals surface area contributed by atoms with E-state index in [4.69, 9.17) is 14.2 Å². The number of hydrogen-bond acceptors (Lipinski definition) is 11. The summed E-state index contributed by atoms with van der Waals surface area (Å²) in [7, 11) is 2.87. The van der Waals surface area contributed by atoms with Gasteiger partial charge in [0.05, 0.1) is 42.1 Å². The molecule has 0 amide bonds. The molecule has 11 nitrogen and oxygen atoms in total. The normalized spacial score (nSPS) is 31.2. The first-order valence-electron chi connectivity index (χ1n) is 13.2. The van der Waals surface area contributed by atoms with Crippen molar-refractivity contribution in [2.24, 2.45) is 0 Å². The average molecular weight is 556 g/mol. The monoisotopic (exact) mass is 555 g/mol. The van der Waals surface area contributed by atoms with Gasteiger partial charge in [0.25, 0.3) is 0 Å². The van der Waals surface area contributed by atoms with E-state index in [1.54, 1.807) is 20.9 Å². The Morgan fingerprint density at radius 2 is 1.90 bits per heavy atom. The molecule has 2 aliphatic carbocycles. The summed E-state index contributed by atoms with van der Waals surface area (Å²) in [6.07, 6.45) is -3.14. The van der Waals surface area contributed by atoms with Crippen molar-refractivity contribution in [1.82, 2.24) is 5.32 Å². The van der Waals surface area contributed by atoms with Gasteiger partial charge in [0.1, 0.15) is 17.4 Å². The lowest BCUT2D eigenvalue weighted by atomic mass is 9.67. The summed E-state index contributed by atoms with van der Waals surface area (Å²) in [4.78, 5) is 40.2. The molecule has 1 aliphatic heterocycles. The Balaban J connectivity index is 1.70. The second kappa shape index (κ2) is 10.2. The van der Waals surface area contributed by atoms with E-state index in [-0.39, 0.29) is 58.7 Å². The zero-order valence-electron chi connectivity index (χ0n) is 22.6. The number of fused-ring (bicyclic) bond motifs is 3. The van der Waals surface area contributed by atoms with Gasteiger partial charge in [0, 0.05) is 35.6 Å². The van der Waals surface area contributed by atoms with Gasteiger partial charge in [-0.25, -0.2) is 0 Å². The maximum atomic E-state index is 13.6. The summed E-state index contributed by atoms with van der Waals surface area (Å²) in [5.74, 6) is -4.43. The highest BCUT2D eigenvalue weighted by molar-refractivity contribution is 6.30. The topological polar surface area (TPSA) is 172 Å². The number of nitrogens with one attached hydrogen (secondary N) is 1. The lowest BCUT2D eigenvalue weighted by molar-refractivity contribution is -0.251. The quantitative estimate of drug-likeness (QED) is 0.291. The lowest BCUT2D eigenvalue weighted by Gasteiger charge is -2.45. The van der Waals surface area contributed by atoms with Crippen molar-refractivity contribution in [1.29, 1.82) is 0 Å². The molecule has 1 fully saturated rings. The number of phenols is 2. The molecular weight excluding hydrogens is 522 g/mol. The summed E-state index contributed by atoms with van der Waals surface area (Å²) in [5, 5.41) is 47.2. The maximum absolute atomic E-state index is 13.6. The molecule has 3 aliphatic rings. The van der Waals surface area contributed by atoms with Gasteiger partial charge < -0.3 is 40.0 Å². The molecule has 2 aromatic carbocycles. The first-order valence-corrected chi connectivity index (χ1v) is 13.2. The molecule has 214 valence electrons. The summed E-state index contributed by atoms with van der Waals surface area (Å²) in [5.41, 5.74) is -2.29. The van der Waals surface area contributed by atoms with Crippen molar-refractivity contribution < 1.29 is 49.0 Å². The van der Waals surface area contributed by atoms with E-state index < -0.39 is 65.2 Å². The van der Waals surface area contributed by atoms with Crippen molar-refractivity contribution in [3.8, 4) is 11.5 Å². The third-order valence-electron chi connectivity index (χ3n) is 8.51. The van der Waals surface area contributed by atoms with Gasteiger partial charge in [-0.15, -0.1) is 0 Å². The molecule has 0 radical (unpaired) electrons. The predicted molar refractivity (Wildman–Crippen MR) is 139 cm³/mol. The summed E-state index contributed by atoms with van der Waals surface area (Å²) in [6, 6.07) is 5.08. The Morgan fingerprint density at radius 1 is 1.18 bits per heavy atom. The second-order valence-electron chi connectivity index (χ2n) is 10.6. The molecule has 40 heavy (non-hydrogen) atoms. The standard InChI is InChI=1S/C29H33NO10/c1-5-29(37)11-18(40-19-10-16(30-3)24(32)12(2)39-19)21-14(23(29)28(36)38-4)9-15-22(27(21)35)26(34)20-13(25(15)33)7-6-8-17(20)31/h6-9,12,16,18-19,23-24,30-32,35,37H,5,10-11H2,1-4H3. The van der Waals surface area contributed by atoms with Gasteiger partial charge in [-0.1, -0.05) is 19.1 Å². The number of esters is 1. The SMILES string of the molecule is CCC1(O)CC(OC2CC(NC)C(O)C(C)O2)c2c(cc3c(c2O)C(=O)c2c(O)cccc2C3=O)C1C(=O)OC. The number of ether oxygens (including phenoxy) is 3.